The molecule has 6 nitrogen and oxygen atoms in total. The third-order valence-electron chi connectivity index (χ3n) is 6.06. The number of ether oxygens (including phenoxy) is 1. The molecule has 0 spiro atoms. The van der Waals surface area contributed by atoms with Gasteiger partial charge in [-0.3, -0.25) is 14.5 Å². The minimum atomic E-state index is -0.644. The van der Waals surface area contributed by atoms with Crippen LogP contribution < -0.4 is 15.4 Å². The Morgan fingerprint density at radius 2 is 1.59 bits per heavy atom. The lowest BCUT2D eigenvalue weighted by atomic mass is 9.97. The van der Waals surface area contributed by atoms with E-state index in [1.165, 1.54) is 16.3 Å². The summed E-state index contributed by atoms with van der Waals surface area (Å²) in [6, 6.07) is 22.0. The van der Waals surface area contributed by atoms with Crippen molar-refractivity contribution >= 4 is 22.6 Å². The molecule has 0 bridgehead atoms. The third-order valence-corrected chi connectivity index (χ3v) is 6.06. The molecule has 2 amide bonds. The maximum absolute atomic E-state index is 12.6. The van der Waals surface area contributed by atoms with Crippen LogP contribution >= 0.6 is 0 Å². The lowest BCUT2D eigenvalue weighted by Crippen LogP contribution is -2.43. The first-order valence-electron chi connectivity index (χ1n) is 11.1. The molecule has 0 aromatic heterocycles. The van der Waals surface area contributed by atoms with Gasteiger partial charge in [-0.05, 0) is 48.3 Å². The van der Waals surface area contributed by atoms with E-state index in [2.05, 4.69) is 45.9 Å². The van der Waals surface area contributed by atoms with E-state index in [4.69, 9.17) is 4.74 Å². The highest BCUT2D eigenvalue weighted by Crippen LogP contribution is 2.30. The Labute approximate surface area is 188 Å². The van der Waals surface area contributed by atoms with E-state index >= 15 is 0 Å². The van der Waals surface area contributed by atoms with Crippen LogP contribution in [-0.4, -0.2) is 43.5 Å². The van der Waals surface area contributed by atoms with Crippen LogP contribution in [0.5, 0.6) is 5.75 Å². The van der Waals surface area contributed by atoms with Crippen LogP contribution in [0, 0.1) is 0 Å². The van der Waals surface area contributed by atoms with Gasteiger partial charge in [0.15, 0.2) is 0 Å². The molecular weight excluding hydrogens is 402 g/mol. The summed E-state index contributed by atoms with van der Waals surface area (Å²) < 4.78 is 5.30. The summed E-state index contributed by atoms with van der Waals surface area (Å²) in [5.41, 5.74) is 2.00. The van der Waals surface area contributed by atoms with E-state index in [9.17, 15) is 9.59 Å². The van der Waals surface area contributed by atoms with Gasteiger partial charge in [0.1, 0.15) is 5.75 Å². The van der Waals surface area contributed by atoms with Crippen LogP contribution in [-0.2, 0) is 16.1 Å². The van der Waals surface area contributed by atoms with Crippen molar-refractivity contribution in [2.75, 3.05) is 26.7 Å². The van der Waals surface area contributed by atoms with E-state index in [1.54, 1.807) is 7.11 Å². The van der Waals surface area contributed by atoms with Gasteiger partial charge in [0.2, 0.25) is 0 Å². The van der Waals surface area contributed by atoms with Crippen LogP contribution in [0.3, 0.4) is 0 Å². The van der Waals surface area contributed by atoms with Gasteiger partial charge in [-0.2, -0.15) is 0 Å². The van der Waals surface area contributed by atoms with Crippen LogP contribution in [0.1, 0.15) is 30.0 Å². The maximum atomic E-state index is 12.6. The van der Waals surface area contributed by atoms with Crippen LogP contribution in [0.25, 0.3) is 10.8 Å². The van der Waals surface area contributed by atoms with Gasteiger partial charge in [-0.1, -0.05) is 60.7 Å². The number of rotatable bonds is 7. The molecule has 6 heteroatoms. The second-order valence-corrected chi connectivity index (χ2v) is 8.03. The predicted octanol–water partition coefficient (Wildman–Crippen LogP) is 3.42. The standard InChI is InChI=1S/C26H29N3O3/c1-32-24-14-5-3-10-20(24)17-27-25(30)26(31)28-18-23(29-15-6-7-16-29)22-13-8-11-19-9-2-4-12-21(19)22/h2-5,8-14,23H,6-7,15-18H2,1H3,(H,27,30)(H,28,31)/t23-/m1/s1. The number of amides is 2. The van der Waals surface area contributed by atoms with Crippen LogP contribution in [0.15, 0.2) is 66.7 Å². The van der Waals surface area contributed by atoms with Crippen molar-refractivity contribution in [1.29, 1.82) is 0 Å². The number of carbonyl (C=O) groups is 2. The molecule has 166 valence electrons. The molecule has 0 saturated carbocycles. The van der Waals surface area contributed by atoms with Crippen molar-refractivity contribution in [3.63, 3.8) is 0 Å². The first-order chi connectivity index (χ1) is 15.7. The van der Waals surface area contributed by atoms with Gasteiger partial charge in [0, 0.05) is 18.7 Å². The quantitative estimate of drug-likeness (QED) is 0.563. The fourth-order valence-electron chi connectivity index (χ4n) is 4.40. The number of nitrogens with zero attached hydrogens (tertiary/aromatic N) is 1. The van der Waals surface area contributed by atoms with Gasteiger partial charge in [0.05, 0.1) is 13.2 Å². The van der Waals surface area contributed by atoms with Gasteiger partial charge >= 0.3 is 11.8 Å². The number of hydrogen-bond donors (Lipinski definition) is 2. The molecule has 1 aliphatic heterocycles. The summed E-state index contributed by atoms with van der Waals surface area (Å²) in [5, 5.41) is 7.91. The first kappa shape index (κ1) is 21.8. The van der Waals surface area contributed by atoms with Crippen molar-refractivity contribution in [3.8, 4) is 5.75 Å². The van der Waals surface area contributed by atoms with Crippen LogP contribution in [0.4, 0.5) is 0 Å². The second-order valence-electron chi connectivity index (χ2n) is 8.03. The second kappa shape index (κ2) is 10.3. The number of methoxy groups -OCH3 is 1. The summed E-state index contributed by atoms with van der Waals surface area (Å²) >= 11 is 0. The minimum absolute atomic E-state index is 0.0227. The average Bonchev–Trinajstić information content (AvgIpc) is 3.37. The molecule has 3 aromatic carbocycles. The van der Waals surface area contributed by atoms with E-state index in [-0.39, 0.29) is 12.6 Å². The lowest BCUT2D eigenvalue weighted by molar-refractivity contribution is -0.139. The Morgan fingerprint density at radius 1 is 0.906 bits per heavy atom. The third kappa shape index (κ3) is 4.92. The Hall–Kier alpha value is -3.38. The molecule has 2 N–H and O–H groups in total. The van der Waals surface area contributed by atoms with Crippen molar-refractivity contribution in [2.45, 2.75) is 25.4 Å². The maximum Gasteiger partial charge on any atom is 0.309 e. The molecular formula is C26H29N3O3. The van der Waals surface area contributed by atoms with Gasteiger partial charge < -0.3 is 15.4 Å². The van der Waals surface area contributed by atoms with E-state index < -0.39 is 11.8 Å². The topological polar surface area (TPSA) is 70.7 Å². The molecule has 1 heterocycles. The molecule has 1 atom stereocenters. The van der Waals surface area contributed by atoms with Crippen molar-refractivity contribution < 1.29 is 14.3 Å². The fraction of sp³-hybridized carbons (Fsp3) is 0.308. The normalized spacial score (nSPS) is 14.8. The van der Waals surface area contributed by atoms with Crippen molar-refractivity contribution in [1.82, 2.24) is 15.5 Å². The first-order valence-corrected chi connectivity index (χ1v) is 11.1. The number of fused-ring (bicyclic) bond motifs is 1. The SMILES string of the molecule is COc1ccccc1CNC(=O)C(=O)NC[C@H](c1cccc2ccccc12)N1CCCC1. The number of benzene rings is 3. The molecule has 1 saturated heterocycles. The number of nitrogens with one attached hydrogen (secondary N) is 2. The molecule has 1 fully saturated rings. The Kier molecular flexibility index (Phi) is 7.02. The smallest absolute Gasteiger partial charge is 0.309 e. The Bertz CT molecular complexity index is 1090. The highest BCUT2D eigenvalue weighted by molar-refractivity contribution is 6.35. The molecule has 3 aromatic rings. The minimum Gasteiger partial charge on any atom is -0.496 e. The van der Waals surface area contributed by atoms with Crippen molar-refractivity contribution in [3.05, 3.63) is 77.9 Å². The summed E-state index contributed by atoms with van der Waals surface area (Å²) in [6.07, 6.45) is 2.29. The highest BCUT2D eigenvalue weighted by Gasteiger charge is 2.26. The van der Waals surface area contributed by atoms with E-state index in [1.807, 2.05) is 36.4 Å². The zero-order valence-electron chi connectivity index (χ0n) is 18.3. The summed E-state index contributed by atoms with van der Waals surface area (Å²) in [7, 11) is 1.58. The lowest BCUT2D eigenvalue weighted by Gasteiger charge is -2.29. The molecule has 4 rings (SSSR count). The van der Waals surface area contributed by atoms with Gasteiger partial charge in [-0.15, -0.1) is 0 Å². The summed E-state index contributed by atoms with van der Waals surface area (Å²) in [4.78, 5) is 27.4. The van der Waals surface area contributed by atoms with Crippen LogP contribution in [0.2, 0.25) is 0 Å². The number of carbonyl (C=O) groups excluding carboxylic acids is 2. The zero-order valence-corrected chi connectivity index (χ0v) is 18.3. The number of likely N-dealkylation sites (tertiary alicyclic amines) is 1. The summed E-state index contributed by atoms with van der Waals surface area (Å²) in [6.45, 7) is 2.59. The number of hydrogen-bond acceptors (Lipinski definition) is 4. The number of para-hydroxylation sites is 1. The average molecular weight is 432 g/mol. The predicted molar refractivity (Wildman–Crippen MR) is 125 cm³/mol. The Balaban J connectivity index is 1.44. The monoisotopic (exact) mass is 431 g/mol. The highest BCUT2D eigenvalue weighted by atomic mass is 16.5. The van der Waals surface area contributed by atoms with Gasteiger partial charge in [0.25, 0.3) is 0 Å². The molecule has 0 unspecified atom stereocenters. The largest absolute Gasteiger partial charge is 0.496 e. The zero-order chi connectivity index (χ0) is 22.3. The van der Waals surface area contributed by atoms with E-state index in [0.717, 1.165) is 31.5 Å². The van der Waals surface area contributed by atoms with Gasteiger partial charge in [-0.25, -0.2) is 0 Å². The molecule has 1 aliphatic rings. The molecule has 32 heavy (non-hydrogen) atoms. The molecule has 0 aliphatic carbocycles. The van der Waals surface area contributed by atoms with Crippen molar-refractivity contribution in [2.24, 2.45) is 0 Å². The van der Waals surface area contributed by atoms with E-state index in [0.29, 0.717) is 12.3 Å². The fourth-order valence-corrected chi connectivity index (χ4v) is 4.40. The summed E-state index contributed by atoms with van der Waals surface area (Å²) in [5.74, 6) is -0.586. The molecule has 0 radical (unpaired) electrons. The Morgan fingerprint density at radius 3 is 2.41 bits per heavy atom.